The maximum atomic E-state index is 12.5. The molecule has 1 unspecified atom stereocenters. The first-order valence-corrected chi connectivity index (χ1v) is 8.64. The van der Waals surface area contributed by atoms with Crippen molar-refractivity contribution in [2.24, 2.45) is 0 Å². The minimum absolute atomic E-state index is 0.186. The smallest absolute Gasteiger partial charge is 0.242 e. The highest BCUT2D eigenvalue weighted by Gasteiger charge is 2.21. The Hall–Kier alpha value is -0.910. The van der Waals surface area contributed by atoms with Crippen molar-refractivity contribution >= 4 is 10.0 Å². The van der Waals surface area contributed by atoms with Crippen LogP contribution < -0.4 is 5.32 Å². The molecule has 5 heteroatoms. The van der Waals surface area contributed by atoms with Crippen LogP contribution in [0.4, 0.5) is 0 Å². The monoisotopic (exact) mass is 298 g/mol. The van der Waals surface area contributed by atoms with Gasteiger partial charge in [-0.25, -0.2) is 12.7 Å². The summed E-state index contributed by atoms with van der Waals surface area (Å²) in [4.78, 5) is 0.377. The molecule has 0 heterocycles. The fraction of sp³-hybridized carbons (Fsp3) is 0.600. The molecule has 114 valence electrons. The highest BCUT2D eigenvalue weighted by atomic mass is 32.2. The number of sulfonamides is 1. The number of benzene rings is 1. The minimum Gasteiger partial charge on any atom is -0.313 e. The van der Waals surface area contributed by atoms with Crippen molar-refractivity contribution < 1.29 is 8.42 Å². The van der Waals surface area contributed by atoms with E-state index in [1.807, 2.05) is 19.2 Å². The summed E-state index contributed by atoms with van der Waals surface area (Å²) in [6, 6.07) is 7.42. The Kier molecular flexibility index (Phi) is 6.65. The molecule has 0 bridgehead atoms. The minimum atomic E-state index is -3.38. The second-order valence-electron chi connectivity index (χ2n) is 5.00. The van der Waals surface area contributed by atoms with Gasteiger partial charge in [-0.1, -0.05) is 32.4 Å². The first-order valence-electron chi connectivity index (χ1n) is 7.20. The van der Waals surface area contributed by atoms with Gasteiger partial charge in [-0.2, -0.15) is 0 Å². The van der Waals surface area contributed by atoms with Gasteiger partial charge in [-0.15, -0.1) is 0 Å². The maximum Gasteiger partial charge on any atom is 0.242 e. The van der Waals surface area contributed by atoms with Crippen LogP contribution in [-0.4, -0.2) is 33.4 Å². The summed E-state index contributed by atoms with van der Waals surface area (Å²) in [5.41, 5.74) is 1.01. The fourth-order valence-electron chi connectivity index (χ4n) is 2.18. The van der Waals surface area contributed by atoms with E-state index in [1.54, 1.807) is 19.2 Å². The van der Waals surface area contributed by atoms with Crippen molar-refractivity contribution in [3.05, 3.63) is 29.8 Å². The van der Waals surface area contributed by atoms with E-state index in [4.69, 9.17) is 0 Å². The Balaban J connectivity index is 3.04. The zero-order valence-corrected chi connectivity index (χ0v) is 13.7. The first-order chi connectivity index (χ1) is 9.47. The summed E-state index contributed by atoms with van der Waals surface area (Å²) in [5.74, 6) is 0. The molecule has 0 radical (unpaired) electrons. The molecule has 1 rings (SSSR count). The van der Waals surface area contributed by atoms with Crippen LogP contribution in [0.2, 0.25) is 0 Å². The van der Waals surface area contributed by atoms with Crippen molar-refractivity contribution in [2.75, 3.05) is 20.6 Å². The maximum absolute atomic E-state index is 12.5. The van der Waals surface area contributed by atoms with E-state index in [1.165, 1.54) is 4.31 Å². The third-order valence-corrected chi connectivity index (χ3v) is 5.40. The Morgan fingerprint density at radius 1 is 1.30 bits per heavy atom. The molecule has 4 nitrogen and oxygen atoms in total. The molecule has 1 N–H and O–H groups in total. The molecule has 1 atom stereocenters. The third-order valence-electron chi connectivity index (χ3n) is 3.55. The largest absolute Gasteiger partial charge is 0.313 e. The molecule has 0 spiro atoms. The summed E-state index contributed by atoms with van der Waals surface area (Å²) in [6.07, 6.45) is 2.78. The van der Waals surface area contributed by atoms with E-state index in [9.17, 15) is 8.42 Å². The van der Waals surface area contributed by atoms with Crippen LogP contribution >= 0.6 is 0 Å². The predicted octanol–water partition coefficient (Wildman–Crippen LogP) is 2.78. The van der Waals surface area contributed by atoms with Crippen LogP contribution in [0.15, 0.2) is 29.2 Å². The van der Waals surface area contributed by atoms with E-state index >= 15 is 0 Å². The number of nitrogens with zero attached hydrogens (tertiary/aromatic N) is 1. The summed E-state index contributed by atoms with van der Waals surface area (Å²) < 4.78 is 26.4. The van der Waals surface area contributed by atoms with E-state index in [-0.39, 0.29) is 6.04 Å². The molecule has 0 aromatic heterocycles. The molecule has 20 heavy (non-hydrogen) atoms. The standard InChI is InChI=1S/C15H26N2O2S/c1-5-7-11-17(4)20(18,19)14-10-8-9-13(12-14)15(6-2)16-3/h8-10,12,15-16H,5-7,11H2,1-4H3. The Bertz CT molecular complexity index is 510. The number of nitrogens with one attached hydrogen (secondary N) is 1. The molecule has 0 aliphatic heterocycles. The normalized spacial score (nSPS) is 13.7. The molecule has 0 aliphatic carbocycles. The molecule has 1 aromatic carbocycles. The van der Waals surface area contributed by atoms with E-state index in [2.05, 4.69) is 19.2 Å². The zero-order chi connectivity index (χ0) is 15.2. The van der Waals surface area contributed by atoms with Crippen molar-refractivity contribution in [3.63, 3.8) is 0 Å². The van der Waals surface area contributed by atoms with E-state index in [0.717, 1.165) is 24.8 Å². The second kappa shape index (κ2) is 7.76. The van der Waals surface area contributed by atoms with Gasteiger partial charge in [-0.3, -0.25) is 0 Å². The number of rotatable bonds is 8. The van der Waals surface area contributed by atoms with Crippen molar-refractivity contribution in [1.29, 1.82) is 0 Å². The summed E-state index contributed by atoms with van der Waals surface area (Å²) in [6.45, 7) is 4.70. The van der Waals surface area contributed by atoms with Crippen molar-refractivity contribution in [2.45, 2.75) is 44.0 Å². The predicted molar refractivity (Wildman–Crippen MR) is 83.3 cm³/mol. The Labute approximate surface area is 123 Å². The van der Waals surface area contributed by atoms with Crippen LogP contribution in [0.5, 0.6) is 0 Å². The van der Waals surface area contributed by atoms with Gasteiger partial charge >= 0.3 is 0 Å². The Morgan fingerprint density at radius 2 is 2.00 bits per heavy atom. The van der Waals surface area contributed by atoms with Crippen molar-refractivity contribution in [1.82, 2.24) is 9.62 Å². The third kappa shape index (κ3) is 4.04. The first kappa shape index (κ1) is 17.1. The van der Waals surface area contributed by atoms with Crippen LogP contribution in [0, 0.1) is 0 Å². The van der Waals surface area contributed by atoms with Crippen LogP contribution in [0.25, 0.3) is 0 Å². The second-order valence-corrected chi connectivity index (χ2v) is 7.05. The lowest BCUT2D eigenvalue weighted by Crippen LogP contribution is -2.28. The molecular weight excluding hydrogens is 272 g/mol. The highest BCUT2D eigenvalue weighted by Crippen LogP contribution is 2.21. The van der Waals surface area contributed by atoms with Gasteiger partial charge in [0.05, 0.1) is 4.90 Å². The van der Waals surface area contributed by atoms with Gasteiger partial charge < -0.3 is 5.32 Å². The van der Waals surface area contributed by atoms with Crippen LogP contribution in [0.3, 0.4) is 0 Å². The molecule has 0 saturated carbocycles. The lowest BCUT2D eigenvalue weighted by molar-refractivity contribution is 0.459. The molecule has 0 aliphatic rings. The number of hydrogen-bond acceptors (Lipinski definition) is 3. The molecule has 0 amide bonds. The van der Waals surface area contributed by atoms with Gasteiger partial charge in [0.1, 0.15) is 0 Å². The fourth-order valence-corrected chi connectivity index (χ4v) is 3.44. The van der Waals surface area contributed by atoms with E-state index in [0.29, 0.717) is 11.4 Å². The highest BCUT2D eigenvalue weighted by molar-refractivity contribution is 7.89. The summed E-state index contributed by atoms with van der Waals surface area (Å²) >= 11 is 0. The van der Waals surface area contributed by atoms with Gasteiger partial charge in [0, 0.05) is 19.6 Å². The molecule has 1 aromatic rings. The lowest BCUT2D eigenvalue weighted by Gasteiger charge is -2.19. The van der Waals surface area contributed by atoms with Crippen LogP contribution in [-0.2, 0) is 10.0 Å². The Morgan fingerprint density at radius 3 is 2.55 bits per heavy atom. The average Bonchev–Trinajstić information content (AvgIpc) is 2.46. The summed E-state index contributed by atoms with van der Waals surface area (Å²) in [7, 11) is 0.159. The SMILES string of the molecule is CCCCN(C)S(=O)(=O)c1cccc(C(CC)NC)c1. The quantitative estimate of drug-likeness (QED) is 0.803. The lowest BCUT2D eigenvalue weighted by atomic mass is 10.1. The number of hydrogen-bond donors (Lipinski definition) is 1. The van der Waals surface area contributed by atoms with Crippen LogP contribution in [0.1, 0.15) is 44.7 Å². The number of unbranched alkanes of at least 4 members (excludes halogenated alkanes) is 1. The zero-order valence-electron chi connectivity index (χ0n) is 12.9. The van der Waals surface area contributed by atoms with Gasteiger partial charge in [-0.05, 0) is 37.6 Å². The topological polar surface area (TPSA) is 49.4 Å². The van der Waals surface area contributed by atoms with Gasteiger partial charge in [0.2, 0.25) is 10.0 Å². The van der Waals surface area contributed by atoms with Crippen molar-refractivity contribution in [3.8, 4) is 0 Å². The summed E-state index contributed by atoms with van der Waals surface area (Å²) in [5, 5.41) is 3.20. The van der Waals surface area contributed by atoms with E-state index < -0.39 is 10.0 Å². The molecular formula is C15H26N2O2S. The molecule has 0 fully saturated rings. The van der Waals surface area contributed by atoms with Gasteiger partial charge in [0.15, 0.2) is 0 Å². The average molecular weight is 298 g/mol. The van der Waals surface area contributed by atoms with Gasteiger partial charge in [0.25, 0.3) is 0 Å². The molecule has 0 saturated heterocycles.